The van der Waals surface area contributed by atoms with Crippen LogP contribution in [0.15, 0.2) is 17.0 Å². The monoisotopic (exact) mass is 357 g/mol. The van der Waals surface area contributed by atoms with Crippen molar-refractivity contribution in [3.63, 3.8) is 0 Å². The van der Waals surface area contributed by atoms with Gasteiger partial charge in [-0.15, -0.1) is 0 Å². The molecule has 1 aromatic carbocycles. The van der Waals surface area contributed by atoms with E-state index in [1.807, 2.05) is 6.26 Å². The first kappa shape index (κ1) is 17.6. The molecule has 0 aliphatic heterocycles. The van der Waals surface area contributed by atoms with Crippen molar-refractivity contribution in [2.45, 2.75) is 17.9 Å². The maximum atomic E-state index is 12.2. The van der Waals surface area contributed by atoms with Gasteiger partial charge in [0.1, 0.15) is 4.90 Å². The van der Waals surface area contributed by atoms with Gasteiger partial charge in [-0.25, -0.2) is 17.9 Å². The van der Waals surface area contributed by atoms with Crippen LogP contribution in [0.3, 0.4) is 0 Å². The van der Waals surface area contributed by atoms with Crippen LogP contribution in [0.2, 0.25) is 10.0 Å². The van der Waals surface area contributed by atoms with E-state index in [9.17, 15) is 13.2 Å². The lowest BCUT2D eigenvalue weighted by Gasteiger charge is -2.15. The molecule has 1 unspecified atom stereocenters. The number of nitrogens with one attached hydrogen (secondary N) is 1. The predicted molar refractivity (Wildman–Crippen MR) is 81.6 cm³/mol. The number of carbonyl (C=O) groups is 1. The molecule has 0 fully saturated rings. The van der Waals surface area contributed by atoms with E-state index in [-0.39, 0.29) is 16.0 Å². The Morgan fingerprint density at radius 1 is 1.45 bits per heavy atom. The van der Waals surface area contributed by atoms with Gasteiger partial charge in [-0.05, 0) is 25.3 Å². The molecule has 0 bridgehead atoms. The van der Waals surface area contributed by atoms with Crippen molar-refractivity contribution in [1.82, 2.24) is 4.72 Å². The third-order valence-electron chi connectivity index (χ3n) is 2.33. The van der Waals surface area contributed by atoms with Gasteiger partial charge in [-0.2, -0.15) is 11.8 Å². The quantitative estimate of drug-likeness (QED) is 0.817. The van der Waals surface area contributed by atoms with Crippen LogP contribution < -0.4 is 4.72 Å². The summed E-state index contributed by atoms with van der Waals surface area (Å²) in [6, 6.07) is 2.07. The van der Waals surface area contributed by atoms with Crippen molar-refractivity contribution in [2.24, 2.45) is 0 Å². The standard InChI is InChI=1S/C11H13Cl2NO4S2/c1-6(5-19-2)14-20(17,18)8-4-3-7(12)9(10(8)13)11(15)16/h3-4,6,14H,5H2,1-2H3,(H,15,16). The van der Waals surface area contributed by atoms with Crippen LogP contribution in [0.1, 0.15) is 17.3 Å². The van der Waals surface area contributed by atoms with E-state index in [1.165, 1.54) is 23.9 Å². The normalized spacial score (nSPS) is 13.2. The third-order valence-corrected chi connectivity index (χ3v) is 5.62. The van der Waals surface area contributed by atoms with Crippen molar-refractivity contribution in [3.8, 4) is 0 Å². The van der Waals surface area contributed by atoms with Gasteiger partial charge >= 0.3 is 5.97 Å². The molecule has 0 saturated heterocycles. The molecule has 9 heteroatoms. The Morgan fingerprint density at radius 2 is 2.05 bits per heavy atom. The van der Waals surface area contributed by atoms with E-state index >= 15 is 0 Å². The lowest BCUT2D eigenvalue weighted by atomic mass is 10.2. The van der Waals surface area contributed by atoms with Gasteiger partial charge in [0.05, 0.1) is 15.6 Å². The largest absolute Gasteiger partial charge is 0.478 e. The second kappa shape index (κ2) is 7.00. The molecule has 0 spiro atoms. The van der Waals surface area contributed by atoms with E-state index in [1.54, 1.807) is 6.92 Å². The molecular formula is C11H13Cl2NO4S2. The van der Waals surface area contributed by atoms with Gasteiger partial charge in [-0.3, -0.25) is 0 Å². The summed E-state index contributed by atoms with van der Waals surface area (Å²) in [5, 5.41) is 8.51. The fourth-order valence-corrected chi connectivity index (χ4v) is 4.40. The number of hydrogen-bond donors (Lipinski definition) is 2. The molecule has 0 heterocycles. The number of hydrogen-bond acceptors (Lipinski definition) is 4. The average Bonchev–Trinajstić information content (AvgIpc) is 2.27. The number of carboxylic acid groups (broad SMARTS) is 1. The van der Waals surface area contributed by atoms with Crippen LogP contribution in [0.25, 0.3) is 0 Å². The van der Waals surface area contributed by atoms with E-state index in [4.69, 9.17) is 28.3 Å². The molecular weight excluding hydrogens is 345 g/mol. The van der Waals surface area contributed by atoms with Crippen LogP contribution in [0, 0.1) is 0 Å². The van der Waals surface area contributed by atoms with Crippen LogP contribution >= 0.6 is 35.0 Å². The Hall–Kier alpha value is -0.470. The second-order valence-corrected chi connectivity index (χ2v) is 7.40. The van der Waals surface area contributed by atoms with Crippen LogP contribution in [-0.4, -0.2) is 37.5 Å². The Bertz CT molecular complexity index is 619. The van der Waals surface area contributed by atoms with Gasteiger partial charge < -0.3 is 5.11 Å². The molecule has 0 aromatic heterocycles. The summed E-state index contributed by atoms with van der Waals surface area (Å²) in [5.41, 5.74) is -0.422. The first-order chi connectivity index (χ1) is 9.20. The zero-order valence-electron chi connectivity index (χ0n) is 10.7. The number of halogens is 2. The molecule has 0 aliphatic carbocycles. The number of thioether (sulfide) groups is 1. The van der Waals surface area contributed by atoms with E-state index < -0.39 is 26.6 Å². The highest BCUT2D eigenvalue weighted by molar-refractivity contribution is 7.98. The molecule has 20 heavy (non-hydrogen) atoms. The molecule has 2 N–H and O–H groups in total. The lowest BCUT2D eigenvalue weighted by molar-refractivity contribution is 0.0697. The van der Waals surface area contributed by atoms with Gasteiger partial charge in [0.15, 0.2) is 0 Å². The lowest BCUT2D eigenvalue weighted by Crippen LogP contribution is -2.34. The van der Waals surface area contributed by atoms with E-state index in [2.05, 4.69) is 4.72 Å². The SMILES string of the molecule is CSCC(C)NS(=O)(=O)c1ccc(Cl)c(C(=O)O)c1Cl. The van der Waals surface area contributed by atoms with Crippen LogP contribution in [0.5, 0.6) is 0 Å². The Morgan fingerprint density at radius 3 is 2.55 bits per heavy atom. The molecule has 5 nitrogen and oxygen atoms in total. The summed E-state index contributed by atoms with van der Waals surface area (Å²) in [6.07, 6.45) is 1.85. The number of rotatable bonds is 6. The molecule has 1 atom stereocenters. The third kappa shape index (κ3) is 4.02. The number of carboxylic acids is 1. The fraction of sp³-hybridized carbons (Fsp3) is 0.364. The molecule has 0 radical (unpaired) electrons. The Kier molecular flexibility index (Phi) is 6.15. The number of sulfonamides is 1. The minimum absolute atomic E-state index is 0.112. The zero-order chi connectivity index (χ0) is 15.5. The predicted octanol–water partition coefficient (Wildman–Crippen LogP) is 2.72. The van der Waals surface area contributed by atoms with Gasteiger partial charge in [0.25, 0.3) is 0 Å². The Labute approximate surface area is 131 Å². The van der Waals surface area contributed by atoms with Gasteiger partial charge in [0, 0.05) is 11.8 Å². The summed E-state index contributed by atoms with van der Waals surface area (Å²) in [6.45, 7) is 1.70. The molecule has 0 aliphatic rings. The first-order valence-corrected chi connectivity index (χ1v) is 9.06. The highest BCUT2D eigenvalue weighted by Crippen LogP contribution is 2.31. The van der Waals surface area contributed by atoms with Crippen molar-refractivity contribution < 1.29 is 18.3 Å². The highest BCUT2D eigenvalue weighted by Gasteiger charge is 2.25. The fourth-order valence-electron chi connectivity index (χ4n) is 1.55. The second-order valence-electron chi connectivity index (χ2n) is 4.02. The molecule has 0 saturated carbocycles. The zero-order valence-corrected chi connectivity index (χ0v) is 13.8. The van der Waals surface area contributed by atoms with Gasteiger partial charge in [-0.1, -0.05) is 23.2 Å². The number of benzene rings is 1. The smallest absolute Gasteiger partial charge is 0.338 e. The van der Waals surface area contributed by atoms with Crippen LogP contribution in [0.4, 0.5) is 0 Å². The van der Waals surface area contributed by atoms with Gasteiger partial charge in [0.2, 0.25) is 10.0 Å². The maximum absolute atomic E-state index is 12.2. The highest BCUT2D eigenvalue weighted by atomic mass is 35.5. The Balaban J connectivity index is 3.26. The van der Waals surface area contributed by atoms with Crippen molar-refractivity contribution >= 4 is 51.0 Å². The van der Waals surface area contributed by atoms with Crippen molar-refractivity contribution in [3.05, 3.63) is 27.7 Å². The summed E-state index contributed by atoms with van der Waals surface area (Å²) in [5.74, 6) is -0.801. The minimum Gasteiger partial charge on any atom is -0.478 e. The molecule has 1 aromatic rings. The molecule has 0 amide bonds. The van der Waals surface area contributed by atoms with Crippen LogP contribution in [-0.2, 0) is 10.0 Å². The summed E-state index contributed by atoms with van der Waals surface area (Å²) in [7, 11) is -3.90. The first-order valence-electron chi connectivity index (χ1n) is 5.43. The number of aromatic carboxylic acids is 1. The minimum atomic E-state index is -3.90. The summed E-state index contributed by atoms with van der Waals surface area (Å²) in [4.78, 5) is 10.8. The molecule has 112 valence electrons. The molecule has 1 rings (SSSR count). The average molecular weight is 358 g/mol. The van der Waals surface area contributed by atoms with Crippen molar-refractivity contribution in [1.29, 1.82) is 0 Å². The maximum Gasteiger partial charge on any atom is 0.338 e. The van der Waals surface area contributed by atoms with E-state index in [0.29, 0.717) is 5.75 Å². The summed E-state index contributed by atoms with van der Waals surface area (Å²) >= 11 is 13.1. The summed E-state index contributed by atoms with van der Waals surface area (Å²) < 4.78 is 26.8. The van der Waals surface area contributed by atoms with E-state index in [0.717, 1.165) is 0 Å². The van der Waals surface area contributed by atoms with Crippen molar-refractivity contribution in [2.75, 3.05) is 12.0 Å². The topological polar surface area (TPSA) is 83.5 Å².